The van der Waals surface area contributed by atoms with E-state index in [-0.39, 0.29) is 5.91 Å². The number of pyridine rings is 2. The number of nitrogens with zero attached hydrogens (tertiary/aromatic N) is 2. The summed E-state index contributed by atoms with van der Waals surface area (Å²) in [4.78, 5) is 20.7. The maximum atomic E-state index is 12.3. The van der Waals surface area contributed by atoms with Crippen LogP contribution < -0.4 is 10.6 Å². The summed E-state index contributed by atoms with van der Waals surface area (Å²) < 4.78 is 0. The highest BCUT2D eigenvalue weighted by Gasteiger charge is 2.09. The van der Waals surface area contributed by atoms with Crippen LogP contribution in [-0.2, 0) is 6.54 Å². The van der Waals surface area contributed by atoms with Crippen molar-refractivity contribution >= 4 is 28.9 Å². The first-order chi connectivity index (χ1) is 11.7. The number of halogens is 1. The minimum Gasteiger partial charge on any atom is -0.379 e. The summed E-state index contributed by atoms with van der Waals surface area (Å²) >= 11 is 5.92. The Bertz CT molecular complexity index is 839. The van der Waals surface area contributed by atoms with Crippen molar-refractivity contribution in [1.82, 2.24) is 9.97 Å². The first-order valence-electron chi connectivity index (χ1n) is 7.37. The van der Waals surface area contributed by atoms with Crippen LogP contribution in [0, 0.1) is 0 Å². The fourth-order valence-corrected chi connectivity index (χ4v) is 2.31. The van der Waals surface area contributed by atoms with Gasteiger partial charge in [-0.25, -0.2) is 0 Å². The molecule has 1 aromatic carbocycles. The van der Waals surface area contributed by atoms with Crippen LogP contribution in [0.2, 0.25) is 5.02 Å². The SMILES string of the molecule is O=C(Nc1cccc(Cl)c1)c1cc(NCc2ccccn2)ccn1. The van der Waals surface area contributed by atoms with Gasteiger partial charge in [-0.05, 0) is 42.5 Å². The van der Waals surface area contributed by atoms with E-state index in [0.29, 0.717) is 22.9 Å². The Morgan fingerprint density at radius 1 is 0.958 bits per heavy atom. The van der Waals surface area contributed by atoms with Crippen molar-refractivity contribution in [3.05, 3.63) is 83.4 Å². The van der Waals surface area contributed by atoms with E-state index < -0.39 is 0 Å². The molecule has 120 valence electrons. The molecule has 0 aliphatic heterocycles. The van der Waals surface area contributed by atoms with E-state index >= 15 is 0 Å². The van der Waals surface area contributed by atoms with Gasteiger partial charge in [0.05, 0.1) is 12.2 Å². The van der Waals surface area contributed by atoms with Gasteiger partial charge >= 0.3 is 0 Å². The molecule has 2 N–H and O–H groups in total. The van der Waals surface area contributed by atoms with Gasteiger partial charge < -0.3 is 10.6 Å². The number of benzene rings is 1. The third-order valence-corrected chi connectivity index (χ3v) is 3.51. The second-order valence-electron chi connectivity index (χ2n) is 5.07. The quantitative estimate of drug-likeness (QED) is 0.738. The summed E-state index contributed by atoms with van der Waals surface area (Å²) in [6.45, 7) is 0.570. The van der Waals surface area contributed by atoms with Crippen LogP contribution in [0.3, 0.4) is 0 Å². The Labute approximate surface area is 144 Å². The Balaban J connectivity index is 1.67. The Morgan fingerprint density at radius 3 is 2.67 bits per heavy atom. The molecule has 0 bridgehead atoms. The molecule has 3 rings (SSSR count). The second kappa shape index (κ2) is 7.57. The van der Waals surface area contributed by atoms with Gasteiger partial charge in [0.1, 0.15) is 5.69 Å². The fourth-order valence-electron chi connectivity index (χ4n) is 2.12. The van der Waals surface area contributed by atoms with E-state index in [0.717, 1.165) is 11.4 Å². The van der Waals surface area contributed by atoms with Crippen LogP contribution in [0.15, 0.2) is 67.0 Å². The number of rotatable bonds is 5. The van der Waals surface area contributed by atoms with Crippen molar-refractivity contribution in [3.63, 3.8) is 0 Å². The molecule has 0 saturated heterocycles. The molecule has 2 heterocycles. The van der Waals surface area contributed by atoms with Crippen molar-refractivity contribution < 1.29 is 4.79 Å². The normalized spacial score (nSPS) is 10.2. The minimum atomic E-state index is -0.293. The van der Waals surface area contributed by atoms with Gasteiger partial charge in [0, 0.05) is 28.8 Å². The number of aromatic nitrogens is 2. The van der Waals surface area contributed by atoms with Crippen molar-refractivity contribution in [3.8, 4) is 0 Å². The third-order valence-electron chi connectivity index (χ3n) is 3.27. The van der Waals surface area contributed by atoms with Crippen molar-refractivity contribution in [1.29, 1.82) is 0 Å². The van der Waals surface area contributed by atoms with Crippen LogP contribution in [0.25, 0.3) is 0 Å². The van der Waals surface area contributed by atoms with Crippen molar-refractivity contribution in [2.45, 2.75) is 6.54 Å². The fraction of sp³-hybridized carbons (Fsp3) is 0.0556. The molecule has 0 atom stereocenters. The summed E-state index contributed by atoms with van der Waals surface area (Å²) in [6, 6.07) is 16.2. The Hall–Kier alpha value is -2.92. The zero-order valence-electron chi connectivity index (χ0n) is 12.7. The maximum Gasteiger partial charge on any atom is 0.274 e. The van der Waals surface area contributed by atoms with E-state index in [1.54, 1.807) is 48.8 Å². The minimum absolute atomic E-state index is 0.293. The first-order valence-corrected chi connectivity index (χ1v) is 7.75. The molecule has 0 aliphatic rings. The Kier molecular flexibility index (Phi) is 5.03. The highest BCUT2D eigenvalue weighted by molar-refractivity contribution is 6.30. The number of anilines is 2. The number of hydrogen-bond acceptors (Lipinski definition) is 4. The van der Waals surface area contributed by atoms with Gasteiger partial charge in [-0.2, -0.15) is 0 Å². The highest BCUT2D eigenvalue weighted by atomic mass is 35.5. The van der Waals surface area contributed by atoms with Crippen LogP contribution in [-0.4, -0.2) is 15.9 Å². The molecule has 6 heteroatoms. The molecule has 2 aromatic heterocycles. The molecule has 1 amide bonds. The Morgan fingerprint density at radius 2 is 1.88 bits per heavy atom. The van der Waals surface area contributed by atoms with Crippen LogP contribution >= 0.6 is 11.6 Å². The summed E-state index contributed by atoms with van der Waals surface area (Å²) in [7, 11) is 0. The largest absolute Gasteiger partial charge is 0.379 e. The number of carbonyl (C=O) groups excluding carboxylic acids is 1. The van der Waals surface area contributed by atoms with Gasteiger partial charge in [0.2, 0.25) is 0 Å². The zero-order chi connectivity index (χ0) is 16.8. The van der Waals surface area contributed by atoms with E-state index in [4.69, 9.17) is 11.6 Å². The lowest BCUT2D eigenvalue weighted by atomic mass is 10.2. The molecule has 0 aliphatic carbocycles. The molecule has 0 saturated carbocycles. The predicted octanol–water partition coefficient (Wildman–Crippen LogP) is 3.99. The summed E-state index contributed by atoms with van der Waals surface area (Å²) in [5, 5.41) is 6.56. The smallest absolute Gasteiger partial charge is 0.274 e. The van der Waals surface area contributed by atoms with Crippen molar-refractivity contribution in [2.75, 3.05) is 10.6 Å². The summed E-state index contributed by atoms with van der Waals surface area (Å²) in [5.41, 5.74) is 2.66. The van der Waals surface area contributed by atoms with Crippen LogP contribution in [0.5, 0.6) is 0 Å². The summed E-state index contributed by atoms with van der Waals surface area (Å²) in [5.74, 6) is -0.293. The van der Waals surface area contributed by atoms with Gasteiger partial charge in [-0.1, -0.05) is 23.7 Å². The number of amides is 1. The molecule has 3 aromatic rings. The molecular formula is C18H15ClN4O. The average Bonchev–Trinajstić information content (AvgIpc) is 2.61. The molecule has 24 heavy (non-hydrogen) atoms. The molecular weight excluding hydrogens is 324 g/mol. The number of hydrogen-bond donors (Lipinski definition) is 2. The van der Waals surface area contributed by atoms with Crippen LogP contribution in [0.1, 0.15) is 16.2 Å². The van der Waals surface area contributed by atoms with E-state index in [1.807, 2.05) is 18.2 Å². The number of nitrogens with one attached hydrogen (secondary N) is 2. The van der Waals surface area contributed by atoms with Crippen LogP contribution in [0.4, 0.5) is 11.4 Å². The highest BCUT2D eigenvalue weighted by Crippen LogP contribution is 2.16. The maximum absolute atomic E-state index is 12.3. The van der Waals surface area contributed by atoms with Gasteiger partial charge in [-0.3, -0.25) is 14.8 Å². The standard InChI is InChI=1S/C18H15ClN4O/c19-13-4-3-6-15(10-13)23-18(24)17-11-14(7-9-21-17)22-12-16-5-1-2-8-20-16/h1-11H,12H2,(H,21,22)(H,23,24). The molecule has 0 spiro atoms. The molecule has 0 fully saturated rings. The molecule has 0 radical (unpaired) electrons. The lowest BCUT2D eigenvalue weighted by Crippen LogP contribution is -2.14. The first kappa shape index (κ1) is 16.0. The predicted molar refractivity (Wildman–Crippen MR) is 95.2 cm³/mol. The molecule has 5 nitrogen and oxygen atoms in total. The van der Waals surface area contributed by atoms with Gasteiger partial charge in [0.25, 0.3) is 5.91 Å². The zero-order valence-corrected chi connectivity index (χ0v) is 13.5. The second-order valence-corrected chi connectivity index (χ2v) is 5.51. The summed E-state index contributed by atoms with van der Waals surface area (Å²) in [6.07, 6.45) is 3.33. The van der Waals surface area contributed by atoms with Crippen molar-refractivity contribution in [2.24, 2.45) is 0 Å². The topological polar surface area (TPSA) is 66.9 Å². The number of carbonyl (C=O) groups is 1. The van der Waals surface area contributed by atoms with E-state index in [2.05, 4.69) is 20.6 Å². The lowest BCUT2D eigenvalue weighted by molar-refractivity contribution is 0.102. The van der Waals surface area contributed by atoms with Gasteiger partial charge in [-0.15, -0.1) is 0 Å². The average molecular weight is 339 g/mol. The lowest BCUT2D eigenvalue weighted by Gasteiger charge is -2.08. The van der Waals surface area contributed by atoms with E-state index in [1.165, 1.54) is 0 Å². The van der Waals surface area contributed by atoms with Gasteiger partial charge in [0.15, 0.2) is 0 Å². The van der Waals surface area contributed by atoms with E-state index in [9.17, 15) is 4.79 Å². The molecule has 0 unspecified atom stereocenters. The monoisotopic (exact) mass is 338 g/mol. The third kappa shape index (κ3) is 4.30.